The van der Waals surface area contributed by atoms with E-state index < -0.39 is 0 Å². The van der Waals surface area contributed by atoms with Crippen LogP contribution in [0.1, 0.15) is 41.3 Å². The minimum Gasteiger partial charge on any atom is -0.370 e. The molecule has 0 aliphatic heterocycles. The van der Waals surface area contributed by atoms with Gasteiger partial charge in [0.25, 0.3) is 5.91 Å². The van der Waals surface area contributed by atoms with Gasteiger partial charge in [0.2, 0.25) is 0 Å². The number of guanidine groups is 1. The van der Waals surface area contributed by atoms with Crippen molar-refractivity contribution in [2.45, 2.75) is 26.3 Å². The maximum Gasteiger partial charge on any atom is 0.251 e. The van der Waals surface area contributed by atoms with Crippen LogP contribution in [0.3, 0.4) is 0 Å². The van der Waals surface area contributed by atoms with Crippen molar-refractivity contribution in [1.29, 1.82) is 0 Å². The zero-order valence-electron chi connectivity index (χ0n) is 14.3. The number of benzene rings is 2. The lowest BCUT2D eigenvalue weighted by atomic mass is 10.0. The average molecular weight is 324 g/mol. The lowest BCUT2D eigenvalue weighted by Gasteiger charge is -2.10. The smallest absolute Gasteiger partial charge is 0.251 e. The molecular weight excluding hydrogens is 300 g/mol. The molecule has 0 atom stereocenters. The fourth-order valence-electron chi connectivity index (χ4n) is 2.29. The molecule has 0 bridgehead atoms. The normalized spacial score (nSPS) is 11.4. The van der Waals surface area contributed by atoms with Gasteiger partial charge in [0.1, 0.15) is 0 Å². The molecule has 0 heterocycles. The Morgan fingerprint density at radius 2 is 1.92 bits per heavy atom. The Bertz CT molecular complexity index is 738. The summed E-state index contributed by atoms with van der Waals surface area (Å²) >= 11 is 0. The lowest BCUT2D eigenvalue weighted by molar-refractivity contribution is 0.0963. The first-order valence-corrected chi connectivity index (χ1v) is 7.97. The standard InChI is InChI=1S/C19H24N4O/c1-13(2)15-7-5-9-17(11-15)23-19(20)22-12-14-6-4-8-16(10-14)18(24)21-3/h4-11,13H,12H2,1-3H3,(H,21,24)(H3,20,22,23). The minimum absolute atomic E-state index is 0.113. The molecule has 1 amide bonds. The van der Waals surface area contributed by atoms with Gasteiger partial charge < -0.3 is 16.4 Å². The van der Waals surface area contributed by atoms with Gasteiger partial charge in [-0.05, 0) is 41.3 Å². The molecule has 2 rings (SSSR count). The second kappa shape index (κ2) is 8.15. The van der Waals surface area contributed by atoms with E-state index >= 15 is 0 Å². The van der Waals surface area contributed by atoms with Gasteiger partial charge in [0, 0.05) is 18.3 Å². The third-order valence-electron chi connectivity index (χ3n) is 3.67. The van der Waals surface area contributed by atoms with Crippen LogP contribution >= 0.6 is 0 Å². The number of hydrogen-bond donors (Lipinski definition) is 3. The van der Waals surface area contributed by atoms with Crippen LogP contribution in [0.4, 0.5) is 5.69 Å². The number of aliphatic imine (C=N–C) groups is 1. The van der Waals surface area contributed by atoms with Crippen molar-refractivity contribution in [3.05, 3.63) is 65.2 Å². The van der Waals surface area contributed by atoms with Gasteiger partial charge in [0.05, 0.1) is 6.54 Å². The van der Waals surface area contributed by atoms with Crippen LogP contribution in [-0.4, -0.2) is 18.9 Å². The Hall–Kier alpha value is -2.82. The Kier molecular flexibility index (Phi) is 5.95. The predicted octanol–water partition coefficient (Wildman–Crippen LogP) is 3.10. The number of carbonyl (C=O) groups is 1. The molecule has 0 saturated heterocycles. The number of nitrogens with zero attached hydrogens (tertiary/aromatic N) is 1. The second-order valence-corrected chi connectivity index (χ2v) is 5.89. The van der Waals surface area contributed by atoms with Crippen molar-refractivity contribution in [2.75, 3.05) is 12.4 Å². The molecule has 24 heavy (non-hydrogen) atoms. The molecule has 126 valence electrons. The molecule has 0 aliphatic rings. The first kappa shape index (κ1) is 17.5. The largest absolute Gasteiger partial charge is 0.370 e. The van der Waals surface area contributed by atoms with Crippen molar-refractivity contribution >= 4 is 17.6 Å². The summed E-state index contributed by atoms with van der Waals surface area (Å²) in [5.74, 6) is 0.691. The zero-order valence-corrected chi connectivity index (χ0v) is 14.3. The summed E-state index contributed by atoms with van der Waals surface area (Å²) < 4.78 is 0. The van der Waals surface area contributed by atoms with E-state index in [2.05, 4.69) is 41.6 Å². The lowest BCUT2D eigenvalue weighted by Crippen LogP contribution is -2.22. The fourth-order valence-corrected chi connectivity index (χ4v) is 2.29. The molecule has 2 aromatic rings. The third-order valence-corrected chi connectivity index (χ3v) is 3.67. The topological polar surface area (TPSA) is 79.5 Å². The first-order chi connectivity index (χ1) is 11.5. The highest BCUT2D eigenvalue weighted by atomic mass is 16.1. The maximum atomic E-state index is 11.6. The summed E-state index contributed by atoms with van der Waals surface area (Å²) in [6, 6.07) is 15.5. The molecule has 0 fully saturated rings. The van der Waals surface area contributed by atoms with Gasteiger partial charge in [-0.3, -0.25) is 4.79 Å². The molecule has 0 saturated carbocycles. The van der Waals surface area contributed by atoms with Crippen molar-refractivity contribution in [3.63, 3.8) is 0 Å². The SMILES string of the molecule is CNC(=O)c1cccc(CN=C(N)Nc2cccc(C(C)C)c2)c1. The molecular formula is C19H24N4O. The predicted molar refractivity (Wildman–Crippen MR) is 99.3 cm³/mol. The summed E-state index contributed by atoms with van der Waals surface area (Å²) in [4.78, 5) is 16.0. The molecule has 4 N–H and O–H groups in total. The van der Waals surface area contributed by atoms with E-state index in [0.29, 0.717) is 24.0 Å². The summed E-state index contributed by atoms with van der Waals surface area (Å²) in [7, 11) is 1.61. The summed E-state index contributed by atoms with van der Waals surface area (Å²) in [6.45, 7) is 4.71. The Morgan fingerprint density at radius 1 is 1.17 bits per heavy atom. The van der Waals surface area contributed by atoms with E-state index in [9.17, 15) is 4.79 Å². The van der Waals surface area contributed by atoms with Crippen LogP contribution in [0.2, 0.25) is 0 Å². The monoisotopic (exact) mass is 324 g/mol. The fraction of sp³-hybridized carbons (Fsp3) is 0.263. The van der Waals surface area contributed by atoms with E-state index in [-0.39, 0.29) is 5.91 Å². The molecule has 0 aliphatic carbocycles. The van der Waals surface area contributed by atoms with Gasteiger partial charge in [-0.25, -0.2) is 4.99 Å². The number of carbonyl (C=O) groups excluding carboxylic acids is 1. The van der Waals surface area contributed by atoms with Gasteiger partial charge in [-0.15, -0.1) is 0 Å². The first-order valence-electron chi connectivity index (χ1n) is 7.97. The number of rotatable bonds is 5. The van der Waals surface area contributed by atoms with Crippen LogP contribution in [0.5, 0.6) is 0 Å². The number of nitrogens with two attached hydrogens (primary N) is 1. The van der Waals surface area contributed by atoms with E-state index in [1.54, 1.807) is 13.1 Å². The van der Waals surface area contributed by atoms with Crippen molar-refractivity contribution < 1.29 is 4.79 Å². The quantitative estimate of drug-likeness (QED) is 0.584. The summed E-state index contributed by atoms with van der Waals surface area (Å²) in [6.07, 6.45) is 0. The third kappa shape index (κ3) is 4.84. The number of anilines is 1. The zero-order chi connectivity index (χ0) is 17.5. The van der Waals surface area contributed by atoms with E-state index in [0.717, 1.165) is 11.3 Å². The molecule has 5 heteroatoms. The highest BCUT2D eigenvalue weighted by Crippen LogP contribution is 2.18. The van der Waals surface area contributed by atoms with Crippen molar-refractivity contribution in [2.24, 2.45) is 10.7 Å². The second-order valence-electron chi connectivity index (χ2n) is 5.89. The molecule has 0 unspecified atom stereocenters. The van der Waals surface area contributed by atoms with Gasteiger partial charge in [0.15, 0.2) is 5.96 Å². The number of nitrogens with one attached hydrogen (secondary N) is 2. The molecule has 5 nitrogen and oxygen atoms in total. The molecule has 2 aromatic carbocycles. The molecule has 0 aromatic heterocycles. The number of amides is 1. The van der Waals surface area contributed by atoms with E-state index in [4.69, 9.17) is 5.73 Å². The Morgan fingerprint density at radius 3 is 2.62 bits per heavy atom. The maximum absolute atomic E-state index is 11.6. The van der Waals surface area contributed by atoms with Crippen LogP contribution in [0, 0.1) is 0 Å². The summed E-state index contributed by atoms with van der Waals surface area (Å²) in [5.41, 5.74) is 9.66. The average Bonchev–Trinajstić information content (AvgIpc) is 2.59. The Balaban J connectivity index is 2.04. The van der Waals surface area contributed by atoms with Gasteiger partial charge >= 0.3 is 0 Å². The van der Waals surface area contributed by atoms with Gasteiger partial charge in [-0.1, -0.05) is 38.1 Å². The molecule has 0 spiro atoms. The van der Waals surface area contributed by atoms with Crippen LogP contribution < -0.4 is 16.4 Å². The minimum atomic E-state index is -0.113. The molecule has 0 radical (unpaired) electrons. The van der Waals surface area contributed by atoms with E-state index in [1.165, 1.54) is 5.56 Å². The van der Waals surface area contributed by atoms with E-state index in [1.807, 2.05) is 30.3 Å². The highest BCUT2D eigenvalue weighted by Gasteiger charge is 2.04. The summed E-state index contributed by atoms with van der Waals surface area (Å²) in [5, 5.41) is 5.71. The van der Waals surface area contributed by atoms with Crippen molar-refractivity contribution in [1.82, 2.24) is 5.32 Å². The van der Waals surface area contributed by atoms with Gasteiger partial charge in [-0.2, -0.15) is 0 Å². The number of hydrogen-bond acceptors (Lipinski definition) is 2. The van der Waals surface area contributed by atoms with Crippen LogP contribution in [0.15, 0.2) is 53.5 Å². The van der Waals surface area contributed by atoms with Crippen LogP contribution in [0.25, 0.3) is 0 Å². The highest BCUT2D eigenvalue weighted by molar-refractivity contribution is 5.94. The van der Waals surface area contributed by atoms with Crippen LogP contribution in [-0.2, 0) is 6.54 Å². The Labute approximate surface area is 143 Å². The van der Waals surface area contributed by atoms with Crippen molar-refractivity contribution in [3.8, 4) is 0 Å².